The van der Waals surface area contributed by atoms with Crippen molar-refractivity contribution in [3.05, 3.63) is 28.2 Å². The van der Waals surface area contributed by atoms with E-state index in [2.05, 4.69) is 22.9 Å². The average molecular weight is 325 g/mol. The molecule has 1 N–H and O–H groups in total. The number of aliphatic hydroxyl groups is 1. The van der Waals surface area contributed by atoms with Crippen LogP contribution in [-0.4, -0.2) is 10.7 Å². The molecule has 2 nitrogen and oxygen atoms in total. The second-order valence-corrected chi connectivity index (χ2v) is 7.14. The van der Waals surface area contributed by atoms with Crippen LogP contribution in [0.15, 0.2) is 22.7 Å². The van der Waals surface area contributed by atoms with Crippen molar-refractivity contribution in [1.82, 2.24) is 0 Å². The molecule has 0 bridgehead atoms. The van der Waals surface area contributed by atoms with E-state index in [1.54, 1.807) is 0 Å². The molecule has 104 valence electrons. The van der Waals surface area contributed by atoms with Gasteiger partial charge in [0.25, 0.3) is 0 Å². The van der Waals surface area contributed by atoms with Gasteiger partial charge in [0.05, 0.1) is 6.10 Å². The maximum atomic E-state index is 10.5. The highest BCUT2D eigenvalue weighted by Gasteiger charge is 2.41. The Bertz CT molecular complexity index is 474. The number of hydrogen-bond donors (Lipinski definition) is 1. The molecule has 1 saturated carbocycles. The van der Waals surface area contributed by atoms with Crippen LogP contribution < -0.4 is 4.74 Å². The number of ether oxygens (including phenoxy) is 1. The van der Waals surface area contributed by atoms with Gasteiger partial charge in [-0.05, 0) is 49.8 Å². The lowest BCUT2D eigenvalue weighted by molar-refractivity contribution is -0.0250. The van der Waals surface area contributed by atoms with Gasteiger partial charge in [-0.3, -0.25) is 0 Å². The van der Waals surface area contributed by atoms with Crippen LogP contribution in [0.2, 0.25) is 0 Å². The van der Waals surface area contributed by atoms with Crippen molar-refractivity contribution in [3.63, 3.8) is 0 Å². The van der Waals surface area contributed by atoms with Crippen LogP contribution in [0, 0.1) is 5.92 Å². The topological polar surface area (TPSA) is 29.5 Å². The Kier molecular flexibility index (Phi) is 3.61. The zero-order chi connectivity index (χ0) is 13.5. The second-order valence-electron chi connectivity index (χ2n) is 6.22. The lowest BCUT2D eigenvalue weighted by Gasteiger charge is -2.40. The number of aliphatic hydroxyl groups excluding tert-OH is 1. The van der Waals surface area contributed by atoms with Crippen molar-refractivity contribution in [2.45, 2.75) is 57.2 Å². The van der Waals surface area contributed by atoms with E-state index in [1.807, 2.05) is 18.2 Å². The Morgan fingerprint density at radius 2 is 2.16 bits per heavy atom. The smallest absolute Gasteiger partial charge is 0.126 e. The Morgan fingerprint density at radius 3 is 3.00 bits per heavy atom. The minimum atomic E-state index is -0.394. The molecule has 1 aliphatic carbocycles. The lowest BCUT2D eigenvalue weighted by atomic mass is 9.83. The van der Waals surface area contributed by atoms with E-state index < -0.39 is 6.10 Å². The summed E-state index contributed by atoms with van der Waals surface area (Å²) in [6.45, 7) is 2.32. The quantitative estimate of drug-likeness (QED) is 0.755. The summed E-state index contributed by atoms with van der Waals surface area (Å²) in [7, 11) is 0. The SMILES string of the molecule is CC1CCCC2(CC1)CC(O)c1cc(Br)ccc1O2. The molecule has 1 aromatic rings. The third-order valence-electron chi connectivity index (χ3n) is 4.64. The Morgan fingerprint density at radius 1 is 1.32 bits per heavy atom. The van der Waals surface area contributed by atoms with Gasteiger partial charge in [0.1, 0.15) is 11.4 Å². The third-order valence-corrected chi connectivity index (χ3v) is 5.14. The van der Waals surface area contributed by atoms with E-state index in [4.69, 9.17) is 4.74 Å². The van der Waals surface area contributed by atoms with Gasteiger partial charge in [0, 0.05) is 16.5 Å². The molecule has 0 saturated heterocycles. The molecule has 1 aromatic carbocycles. The predicted molar refractivity (Wildman–Crippen MR) is 79.3 cm³/mol. The van der Waals surface area contributed by atoms with Crippen LogP contribution in [0.25, 0.3) is 0 Å². The van der Waals surface area contributed by atoms with E-state index in [0.29, 0.717) is 0 Å². The molecule has 1 heterocycles. The molecule has 0 aromatic heterocycles. The van der Waals surface area contributed by atoms with Crippen molar-refractivity contribution in [2.75, 3.05) is 0 Å². The lowest BCUT2D eigenvalue weighted by Crippen LogP contribution is -2.40. The summed E-state index contributed by atoms with van der Waals surface area (Å²) in [6.07, 6.45) is 6.19. The van der Waals surface area contributed by atoms with Crippen LogP contribution in [0.3, 0.4) is 0 Å². The summed E-state index contributed by atoms with van der Waals surface area (Å²) in [5.41, 5.74) is 0.794. The van der Waals surface area contributed by atoms with Crippen LogP contribution in [0.5, 0.6) is 5.75 Å². The van der Waals surface area contributed by atoms with Gasteiger partial charge in [-0.2, -0.15) is 0 Å². The van der Waals surface area contributed by atoms with Crippen molar-refractivity contribution in [2.24, 2.45) is 5.92 Å². The van der Waals surface area contributed by atoms with E-state index in [1.165, 1.54) is 19.3 Å². The highest BCUT2D eigenvalue weighted by Crippen LogP contribution is 2.46. The molecule has 19 heavy (non-hydrogen) atoms. The molecule has 1 fully saturated rings. The summed E-state index contributed by atoms with van der Waals surface area (Å²) < 4.78 is 7.33. The zero-order valence-corrected chi connectivity index (χ0v) is 12.9. The van der Waals surface area contributed by atoms with Gasteiger partial charge >= 0.3 is 0 Å². The van der Waals surface area contributed by atoms with Gasteiger partial charge < -0.3 is 9.84 Å². The molecule has 0 amide bonds. The first kappa shape index (κ1) is 13.4. The minimum absolute atomic E-state index is 0.134. The van der Waals surface area contributed by atoms with E-state index >= 15 is 0 Å². The zero-order valence-electron chi connectivity index (χ0n) is 11.4. The monoisotopic (exact) mass is 324 g/mol. The fourth-order valence-electron chi connectivity index (χ4n) is 3.47. The van der Waals surface area contributed by atoms with Crippen molar-refractivity contribution in [3.8, 4) is 5.75 Å². The molecule has 3 atom stereocenters. The maximum absolute atomic E-state index is 10.5. The average Bonchev–Trinajstić information content (AvgIpc) is 2.54. The Balaban J connectivity index is 1.89. The molecule has 1 aliphatic heterocycles. The summed E-state index contributed by atoms with van der Waals surface area (Å²) in [5, 5.41) is 10.5. The Labute approximate surface area is 123 Å². The van der Waals surface area contributed by atoms with Crippen LogP contribution in [0.1, 0.15) is 57.1 Å². The summed E-state index contributed by atoms with van der Waals surface area (Å²) in [5.74, 6) is 1.66. The minimum Gasteiger partial charge on any atom is -0.487 e. The number of hydrogen-bond acceptors (Lipinski definition) is 2. The summed E-state index contributed by atoms with van der Waals surface area (Å²) in [6, 6.07) is 5.95. The highest BCUT2D eigenvalue weighted by atomic mass is 79.9. The molecule has 3 unspecified atom stereocenters. The Hall–Kier alpha value is -0.540. The van der Waals surface area contributed by atoms with Crippen molar-refractivity contribution in [1.29, 1.82) is 0 Å². The van der Waals surface area contributed by atoms with Gasteiger partial charge in [-0.15, -0.1) is 0 Å². The molecule has 3 rings (SSSR count). The second kappa shape index (κ2) is 5.10. The first-order valence-corrected chi connectivity index (χ1v) is 8.04. The van der Waals surface area contributed by atoms with Crippen LogP contribution in [-0.2, 0) is 0 Å². The number of halogens is 1. The van der Waals surface area contributed by atoms with E-state index in [0.717, 1.165) is 41.0 Å². The molecule has 2 aliphatic rings. The first-order chi connectivity index (χ1) is 9.08. The number of rotatable bonds is 0. The molecular formula is C16H21BrO2. The molecule has 1 spiro atoms. The van der Waals surface area contributed by atoms with Gasteiger partial charge in [-0.25, -0.2) is 0 Å². The van der Waals surface area contributed by atoms with Crippen LogP contribution in [0.4, 0.5) is 0 Å². The fraction of sp³-hybridized carbons (Fsp3) is 0.625. The van der Waals surface area contributed by atoms with E-state index in [9.17, 15) is 5.11 Å². The standard InChI is InChI=1S/C16H21BrO2/c1-11-3-2-7-16(8-6-11)10-14(18)13-9-12(17)4-5-15(13)19-16/h4-5,9,11,14,18H,2-3,6-8,10H2,1H3. The van der Waals surface area contributed by atoms with Crippen LogP contribution >= 0.6 is 15.9 Å². The normalized spacial score (nSPS) is 34.5. The molecule has 3 heteroatoms. The third kappa shape index (κ3) is 2.68. The molecular weight excluding hydrogens is 304 g/mol. The highest BCUT2D eigenvalue weighted by molar-refractivity contribution is 9.10. The summed E-state index contributed by atoms with van der Waals surface area (Å²) >= 11 is 3.46. The van der Waals surface area contributed by atoms with E-state index in [-0.39, 0.29) is 5.60 Å². The fourth-order valence-corrected chi connectivity index (χ4v) is 3.85. The van der Waals surface area contributed by atoms with Gasteiger partial charge in [0.2, 0.25) is 0 Å². The molecule has 0 radical (unpaired) electrons. The largest absolute Gasteiger partial charge is 0.487 e. The van der Waals surface area contributed by atoms with Crippen molar-refractivity contribution < 1.29 is 9.84 Å². The van der Waals surface area contributed by atoms with Crippen molar-refractivity contribution >= 4 is 15.9 Å². The van der Waals surface area contributed by atoms with Gasteiger partial charge in [0.15, 0.2) is 0 Å². The number of benzene rings is 1. The van der Waals surface area contributed by atoms with Gasteiger partial charge in [-0.1, -0.05) is 29.3 Å². The predicted octanol–water partition coefficient (Wildman–Crippen LogP) is 4.60. The maximum Gasteiger partial charge on any atom is 0.126 e. The first-order valence-electron chi connectivity index (χ1n) is 7.24. The summed E-state index contributed by atoms with van der Waals surface area (Å²) in [4.78, 5) is 0. The number of fused-ring (bicyclic) bond motifs is 1.